The first kappa shape index (κ1) is 25.0. The Labute approximate surface area is 201 Å². The quantitative estimate of drug-likeness (QED) is 0.429. The van der Waals surface area contributed by atoms with Gasteiger partial charge in [0, 0.05) is 35.4 Å². The van der Waals surface area contributed by atoms with Crippen molar-refractivity contribution in [3.05, 3.63) is 72.2 Å². The Hall–Kier alpha value is -3.68. The van der Waals surface area contributed by atoms with Crippen LogP contribution in [0.2, 0.25) is 0 Å². The molecule has 34 heavy (non-hydrogen) atoms. The molecule has 1 amide bonds. The molecule has 1 saturated heterocycles. The first-order chi connectivity index (χ1) is 16.2. The molecular weight excluding hydrogens is 428 g/mol. The van der Waals surface area contributed by atoms with Gasteiger partial charge in [0.2, 0.25) is 5.88 Å². The van der Waals surface area contributed by atoms with Crippen LogP contribution in [-0.4, -0.2) is 46.9 Å². The van der Waals surface area contributed by atoms with E-state index in [0.29, 0.717) is 59.2 Å². The maximum atomic E-state index is 13.7. The van der Waals surface area contributed by atoms with Gasteiger partial charge in [-0.25, -0.2) is 9.98 Å². The van der Waals surface area contributed by atoms with Crippen molar-refractivity contribution >= 4 is 23.5 Å². The van der Waals surface area contributed by atoms with E-state index in [0.717, 1.165) is 18.5 Å². The van der Waals surface area contributed by atoms with Crippen molar-refractivity contribution in [2.45, 2.75) is 39.7 Å². The predicted octanol–water partition coefficient (Wildman–Crippen LogP) is 3.57. The number of ether oxygens (including phenoxy) is 1. The number of piperidine rings is 1. The number of rotatable bonds is 9. The maximum Gasteiger partial charge on any atom is 0.273 e. The number of nitrogens with two attached hydrogens (primary N) is 2. The third-order valence-electron chi connectivity index (χ3n) is 5.93. The Bertz CT molecular complexity index is 1080. The highest BCUT2D eigenvalue weighted by Crippen LogP contribution is 2.47. The fraction of sp³-hybridized carbons (Fsp3) is 0.385. The van der Waals surface area contributed by atoms with Crippen LogP contribution in [0.5, 0.6) is 0 Å². The molecule has 1 saturated carbocycles. The standard InChI is InChI=1S/C26H34N6O2/c1-16(28)11-18(3)30-20(5)34-15-23-13-21-12-22(21)14-32(23)26(33)25-24(8-7-17(2)31-25)19(4)29-10-6-9-27/h6-11,21-23H,4-5,12-15,27-28H2,1-3H3/b9-6-,16-11-,29-10-,30-18-/t21-,22+,23+/m1/s1. The minimum atomic E-state index is -0.143. The summed E-state index contributed by atoms with van der Waals surface area (Å²) in [7, 11) is 0. The number of fused-ring (bicyclic) bond motifs is 1. The monoisotopic (exact) mass is 462 g/mol. The van der Waals surface area contributed by atoms with Crippen LogP contribution in [0.25, 0.3) is 5.70 Å². The second kappa shape index (κ2) is 11.0. The summed E-state index contributed by atoms with van der Waals surface area (Å²) in [4.78, 5) is 28.8. The summed E-state index contributed by atoms with van der Waals surface area (Å²) in [5.74, 6) is 1.32. The molecule has 8 nitrogen and oxygen atoms in total. The molecule has 0 unspecified atom stereocenters. The van der Waals surface area contributed by atoms with Crippen LogP contribution in [0.3, 0.4) is 0 Å². The van der Waals surface area contributed by atoms with E-state index < -0.39 is 0 Å². The van der Waals surface area contributed by atoms with Crippen LogP contribution in [0.15, 0.2) is 65.2 Å². The van der Waals surface area contributed by atoms with Crippen molar-refractivity contribution in [3.63, 3.8) is 0 Å². The summed E-state index contributed by atoms with van der Waals surface area (Å²) in [5.41, 5.74) is 14.6. The van der Waals surface area contributed by atoms with Crippen molar-refractivity contribution in [2.24, 2.45) is 33.3 Å². The Morgan fingerprint density at radius 1 is 1.29 bits per heavy atom. The summed E-state index contributed by atoms with van der Waals surface area (Å²) in [6, 6.07) is 3.59. The molecule has 0 aromatic carbocycles. The number of pyridine rings is 1. The van der Waals surface area contributed by atoms with Crippen LogP contribution in [0, 0.1) is 18.8 Å². The number of hydrogen-bond acceptors (Lipinski definition) is 7. The molecule has 1 aliphatic carbocycles. The molecule has 2 heterocycles. The van der Waals surface area contributed by atoms with E-state index in [-0.39, 0.29) is 11.9 Å². The Kier molecular flexibility index (Phi) is 8.04. The third kappa shape index (κ3) is 6.43. The Morgan fingerprint density at radius 3 is 2.76 bits per heavy atom. The molecule has 0 bridgehead atoms. The second-order valence-electron chi connectivity index (χ2n) is 8.91. The van der Waals surface area contributed by atoms with Crippen LogP contribution in [0.1, 0.15) is 48.4 Å². The van der Waals surface area contributed by atoms with E-state index in [4.69, 9.17) is 16.2 Å². The van der Waals surface area contributed by atoms with Gasteiger partial charge in [0.25, 0.3) is 5.91 Å². The van der Waals surface area contributed by atoms with Gasteiger partial charge in [0.05, 0.1) is 11.7 Å². The molecule has 1 aliphatic heterocycles. The van der Waals surface area contributed by atoms with E-state index in [2.05, 4.69) is 28.1 Å². The molecule has 3 atom stereocenters. The average molecular weight is 463 g/mol. The van der Waals surface area contributed by atoms with Gasteiger partial charge in [-0.3, -0.25) is 9.79 Å². The SMILES string of the molecule is C=C(/N=C(C)\C=C(\C)N)OC[C@@H]1C[C@H]2C[C@H]2CN1C(=O)c1nc(C)ccc1C(=C)/N=C\C=C/N. The zero-order valence-electron chi connectivity index (χ0n) is 20.2. The number of nitrogens with zero attached hydrogens (tertiary/aromatic N) is 4. The molecule has 4 N–H and O–H groups in total. The number of carbonyl (C=O) groups is 1. The molecule has 0 spiro atoms. The number of aromatic nitrogens is 1. The van der Waals surface area contributed by atoms with Crippen molar-refractivity contribution in [3.8, 4) is 0 Å². The Balaban J connectivity index is 1.80. The van der Waals surface area contributed by atoms with Gasteiger partial charge in [-0.2, -0.15) is 0 Å². The largest absolute Gasteiger partial charge is 0.476 e. The lowest BCUT2D eigenvalue weighted by atomic mass is 10.0. The molecule has 1 aromatic heterocycles. The van der Waals surface area contributed by atoms with Crippen molar-refractivity contribution in [1.29, 1.82) is 0 Å². The van der Waals surface area contributed by atoms with E-state index >= 15 is 0 Å². The first-order valence-corrected chi connectivity index (χ1v) is 11.4. The molecule has 3 rings (SSSR count). The number of likely N-dealkylation sites (tertiary alicyclic amines) is 1. The number of hydrogen-bond donors (Lipinski definition) is 2. The normalized spacial score (nSPS) is 22.7. The van der Waals surface area contributed by atoms with Crippen LogP contribution in [-0.2, 0) is 4.74 Å². The molecule has 180 valence electrons. The van der Waals surface area contributed by atoms with Crippen molar-refractivity contribution in [1.82, 2.24) is 9.88 Å². The van der Waals surface area contributed by atoms with Gasteiger partial charge in [-0.1, -0.05) is 6.58 Å². The van der Waals surface area contributed by atoms with Gasteiger partial charge in [-0.05, 0) is 82.5 Å². The highest BCUT2D eigenvalue weighted by Gasteiger charge is 2.47. The van der Waals surface area contributed by atoms with Gasteiger partial charge >= 0.3 is 0 Å². The zero-order valence-corrected chi connectivity index (χ0v) is 20.2. The van der Waals surface area contributed by atoms with Gasteiger partial charge in [0.15, 0.2) is 0 Å². The topological polar surface area (TPSA) is 119 Å². The maximum absolute atomic E-state index is 13.7. The smallest absolute Gasteiger partial charge is 0.273 e. The summed E-state index contributed by atoms with van der Waals surface area (Å²) in [6.45, 7) is 14.4. The summed E-state index contributed by atoms with van der Waals surface area (Å²) >= 11 is 0. The molecule has 8 heteroatoms. The minimum Gasteiger partial charge on any atom is -0.476 e. The zero-order chi connectivity index (χ0) is 24.8. The van der Waals surface area contributed by atoms with E-state index in [1.807, 2.05) is 30.9 Å². The summed E-state index contributed by atoms with van der Waals surface area (Å²) in [5, 5.41) is 0. The number of amides is 1. The lowest BCUT2D eigenvalue weighted by Crippen LogP contribution is -2.47. The Morgan fingerprint density at radius 2 is 2.06 bits per heavy atom. The van der Waals surface area contributed by atoms with Crippen LogP contribution >= 0.6 is 0 Å². The molecule has 2 aliphatic rings. The lowest BCUT2D eigenvalue weighted by Gasteiger charge is -2.35. The minimum absolute atomic E-state index is 0.0950. The lowest BCUT2D eigenvalue weighted by molar-refractivity contribution is 0.0425. The summed E-state index contributed by atoms with van der Waals surface area (Å²) < 4.78 is 5.86. The van der Waals surface area contributed by atoms with Crippen LogP contribution < -0.4 is 11.5 Å². The highest BCUT2D eigenvalue weighted by molar-refractivity contribution is 5.98. The molecule has 0 radical (unpaired) electrons. The average Bonchev–Trinajstić information content (AvgIpc) is 3.54. The summed E-state index contributed by atoms with van der Waals surface area (Å²) in [6.07, 6.45) is 8.29. The number of aliphatic imine (C=N–C) groups is 2. The van der Waals surface area contributed by atoms with Gasteiger partial charge in [-0.15, -0.1) is 0 Å². The predicted molar refractivity (Wildman–Crippen MR) is 137 cm³/mol. The molecule has 2 fully saturated rings. The highest BCUT2D eigenvalue weighted by atomic mass is 16.5. The number of aryl methyl sites for hydroxylation is 1. The third-order valence-corrected chi connectivity index (χ3v) is 5.93. The molecular formula is C26H34N6O2. The van der Waals surface area contributed by atoms with Gasteiger partial charge in [0.1, 0.15) is 12.3 Å². The second-order valence-corrected chi connectivity index (χ2v) is 8.91. The number of carbonyl (C=O) groups excluding carboxylic acids is 1. The first-order valence-electron chi connectivity index (χ1n) is 11.4. The van der Waals surface area contributed by atoms with Crippen molar-refractivity contribution in [2.75, 3.05) is 13.2 Å². The van der Waals surface area contributed by atoms with Crippen molar-refractivity contribution < 1.29 is 9.53 Å². The van der Waals surface area contributed by atoms with Gasteiger partial charge < -0.3 is 21.1 Å². The fourth-order valence-electron chi connectivity index (χ4n) is 4.23. The van der Waals surface area contributed by atoms with Crippen LogP contribution in [0.4, 0.5) is 0 Å². The van der Waals surface area contributed by atoms with E-state index in [9.17, 15) is 4.79 Å². The molecule has 1 aromatic rings. The number of allylic oxidation sites excluding steroid dienone is 3. The van der Waals surface area contributed by atoms with E-state index in [1.165, 1.54) is 12.4 Å². The van der Waals surface area contributed by atoms with E-state index in [1.54, 1.807) is 19.1 Å². The fourth-order valence-corrected chi connectivity index (χ4v) is 4.23.